The molecule has 0 unspecified atom stereocenters. The number of carbonyl (C=O) groups is 1. The van der Waals surface area contributed by atoms with Crippen LogP contribution in [0.5, 0.6) is 5.75 Å². The molecular weight excluding hydrogens is 312 g/mol. The molecule has 1 saturated heterocycles. The van der Waals surface area contributed by atoms with Gasteiger partial charge in [-0.3, -0.25) is 9.69 Å². The van der Waals surface area contributed by atoms with Gasteiger partial charge in [0.05, 0.1) is 0 Å². The summed E-state index contributed by atoms with van der Waals surface area (Å²) in [6, 6.07) is 18.3. The smallest absolute Gasteiger partial charge is 0.260 e. The number of ether oxygens (including phenoxy) is 1. The highest BCUT2D eigenvalue weighted by Crippen LogP contribution is 2.12. The molecule has 0 bridgehead atoms. The minimum atomic E-state index is 0.0714. The Morgan fingerprint density at radius 3 is 2.48 bits per heavy atom. The van der Waals surface area contributed by atoms with Crippen LogP contribution < -0.4 is 4.74 Å². The van der Waals surface area contributed by atoms with Gasteiger partial charge in [0.15, 0.2) is 6.61 Å². The summed E-state index contributed by atoms with van der Waals surface area (Å²) < 4.78 is 5.63. The van der Waals surface area contributed by atoms with Crippen molar-refractivity contribution in [3.63, 3.8) is 0 Å². The van der Waals surface area contributed by atoms with Crippen LogP contribution in [0, 0.1) is 6.92 Å². The van der Waals surface area contributed by atoms with Crippen molar-refractivity contribution in [3.05, 3.63) is 65.7 Å². The molecule has 132 valence electrons. The topological polar surface area (TPSA) is 32.8 Å². The van der Waals surface area contributed by atoms with Crippen LogP contribution in [-0.2, 0) is 11.3 Å². The van der Waals surface area contributed by atoms with Gasteiger partial charge in [0, 0.05) is 32.7 Å². The molecule has 1 amide bonds. The van der Waals surface area contributed by atoms with Gasteiger partial charge in [0.1, 0.15) is 5.75 Å². The molecule has 25 heavy (non-hydrogen) atoms. The van der Waals surface area contributed by atoms with Gasteiger partial charge >= 0.3 is 0 Å². The SMILES string of the molecule is Cc1ccc(OCC(=O)N2CCCN(Cc3ccccc3)CC2)cc1. The molecular formula is C21H26N2O2. The van der Waals surface area contributed by atoms with Crippen LogP contribution in [0.1, 0.15) is 17.5 Å². The fourth-order valence-corrected chi connectivity index (χ4v) is 3.09. The lowest BCUT2D eigenvalue weighted by Crippen LogP contribution is -2.38. The lowest BCUT2D eigenvalue weighted by Gasteiger charge is -2.22. The van der Waals surface area contributed by atoms with E-state index in [0.29, 0.717) is 0 Å². The Balaban J connectivity index is 1.47. The summed E-state index contributed by atoms with van der Waals surface area (Å²) in [5.41, 5.74) is 2.51. The first-order chi connectivity index (χ1) is 12.2. The van der Waals surface area contributed by atoms with Crippen molar-refractivity contribution in [2.24, 2.45) is 0 Å². The molecule has 0 saturated carbocycles. The highest BCUT2D eigenvalue weighted by atomic mass is 16.5. The van der Waals surface area contributed by atoms with E-state index in [1.165, 1.54) is 11.1 Å². The molecule has 3 rings (SSSR count). The molecule has 0 atom stereocenters. The summed E-state index contributed by atoms with van der Waals surface area (Å²) in [7, 11) is 0. The maximum Gasteiger partial charge on any atom is 0.260 e. The molecule has 1 fully saturated rings. The van der Waals surface area contributed by atoms with Crippen molar-refractivity contribution < 1.29 is 9.53 Å². The minimum Gasteiger partial charge on any atom is -0.484 e. The number of hydrogen-bond acceptors (Lipinski definition) is 3. The number of carbonyl (C=O) groups excluding carboxylic acids is 1. The third-order valence-corrected chi connectivity index (χ3v) is 4.57. The van der Waals surface area contributed by atoms with Crippen LogP contribution in [-0.4, -0.2) is 48.5 Å². The Hall–Kier alpha value is -2.33. The maximum atomic E-state index is 12.4. The van der Waals surface area contributed by atoms with E-state index in [1.54, 1.807) is 0 Å². The zero-order valence-electron chi connectivity index (χ0n) is 14.9. The normalized spacial score (nSPS) is 15.6. The summed E-state index contributed by atoms with van der Waals surface area (Å²) in [5, 5.41) is 0. The number of rotatable bonds is 5. The Bertz CT molecular complexity index is 670. The Morgan fingerprint density at radius 1 is 0.960 bits per heavy atom. The largest absolute Gasteiger partial charge is 0.484 e. The highest BCUT2D eigenvalue weighted by molar-refractivity contribution is 5.77. The Morgan fingerprint density at radius 2 is 1.72 bits per heavy atom. The lowest BCUT2D eigenvalue weighted by molar-refractivity contribution is -0.133. The molecule has 2 aromatic carbocycles. The summed E-state index contributed by atoms with van der Waals surface area (Å²) in [6.45, 7) is 6.60. The van der Waals surface area contributed by atoms with Gasteiger partial charge in [-0.2, -0.15) is 0 Å². The standard InChI is InChI=1S/C21H26N2O2/c1-18-8-10-20(11-9-18)25-17-21(24)23-13-5-12-22(14-15-23)16-19-6-3-2-4-7-19/h2-4,6-11H,5,12-17H2,1H3. The van der Waals surface area contributed by atoms with Crippen LogP contribution in [0.4, 0.5) is 0 Å². The monoisotopic (exact) mass is 338 g/mol. The van der Waals surface area contributed by atoms with Crippen LogP contribution in [0.15, 0.2) is 54.6 Å². The summed E-state index contributed by atoms with van der Waals surface area (Å²) >= 11 is 0. The first-order valence-electron chi connectivity index (χ1n) is 8.94. The average Bonchev–Trinajstić information content (AvgIpc) is 2.87. The molecule has 1 aliphatic heterocycles. The van der Waals surface area contributed by atoms with Crippen LogP contribution in [0.25, 0.3) is 0 Å². The lowest BCUT2D eigenvalue weighted by atomic mass is 10.2. The molecule has 4 nitrogen and oxygen atoms in total. The molecule has 0 radical (unpaired) electrons. The number of aryl methyl sites for hydroxylation is 1. The second-order valence-corrected chi connectivity index (χ2v) is 6.60. The fraction of sp³-hybridized carbons (Fsp3) is 0.381. The van der Waals surface area contributed by atoms with Crippen LogP contribution in [0.3, 0.4) is 0 Å². The molecule has 0 spiro atoms. The highest BCUT2D eigenvalue weighted by Gasteiger charge is 2.19. The first kappa shape index (κ1) is 17.5. The van der Waals surface area contributed by atoms with E-state index >= 15 is 0 Å². The van der Waals surface area contributed by atoms with E-state index in [1.807, 2.05) is 42.2 Å². The third kappa shape index (κ3) is 5.33. The fourth-order valence-electron chi connectivity index (χ4n) is 3.09. The molecule has 1 aliphatic rings. The predicted molar refractivity (Wildman–Crippen MR) is 99.6 cm³/mol. The molecule has 0 aliphatic carbocycles. The number of amides is 1. The average molecular weight is 338 g/mol. The summed E-state index contributed by atoms with van der Waals surface area (Å²) in [6.07, 6.45) is 1.00. The van der Waals surface area contributed by atoms with Gasteiger partial charge in [0.2, 0.25) is 0 Å². The predicted octanol–water partition coefficient (Wildman–Crippen LogP) is 3.11. The summed E-state index contributed by atoms with van der Waals surface area (Å²) in [5.74, 6) is 0.821. The van der Waals surface area contributed by atoms with Gasteiger partial charge in [-0.15, -0.1) is 0 Å². The Kier molecular flexibility index (Phi) is 6.07. The number of benzene rings is 2. The van der Waals surface area contributed by atoms with Gasteiger partial charge in [-0.05, 0) is 31.0 Å². The van der Waals surface area contributed by atoms with Gasteiger partial charge in [-0.1, -0.05) is 48.0 Å². The Labute approximate surface area is 150 Å². The van der Waals surface area contributed by atoms with Crippen LogP contribution in [0.2, 0.25) is 0 Å². The van der Waals surface area contributed by atoms with Crippen molar-refractivity contribution in [1.29, 1.82) is 0 Å². The quantitative estimate of drug-likeness (QED) is 0.840. The van der Waals surface area contributed by atoms with E-state index in [4.69, 9.17) is 4.74 Å². The third-order valence-electron chi connectivity index (χ3n) is 4.57. The van der Waals surface area contributed by atoms with Crippen LogP contribution >= 0.6 is 0 Å². The number of hydrogen-bond donors (Lipinski definition) is 0. The van der Waals surface area contributed by atoms with Crippen molar-refractivity contribution in [2.75, 3.05) is 32.8 Å². The second kappa shape index (κ2) is 8.67. The summed E-state index contributed by atoms with van der Waals surface area (Å²) in [4.78, 5) is 16.8. The zero-order valence-corrected chi connectivity index (χ0v) is 14.9. The first-order valence-corrected chi connectivity index (χ1v) is 8.94. The van der Waals surface area contributed by atoms with Crippen molar-refractivity contribution >= 4 is 5.91 Å². The maximum absolute atomic E-state index is 12.4. The van der Waals surface area contributed by atoms with E-state index in [0.717, 1.165) is 44.9 Å². The zero-order chi connectivity index (χ0) is 17.5. The number of nitrogens with zero attached hydrogens (tertiary/aromatic N) is 2. The minimum absolute atomic E-state index is 0.0714. The van der Waals surface area contributed by atoms with Crippen molar-refractivity contribution in [3.8, 4) is 5.75 Å². The van der Waals surface area contributed by atoms with Gasteiger partial charge in [-0.25, -0.2) is 0 Å². The molecule has 4 heteroatoms. The van der Waals surface area contributed by atoms with Gasteiger partial charge in [0.25, 0.3) is 5.91 Å². The molecule has 1 heterocycles. The molecule has 2 aromatic rings. The molecule has 0 aromatic heterocycles. The van der Waals surface area contributed by atoms with Gasteiger partial charge < -0.3 is 9.64 Å². The molecule has 0 N–H and O–H groups in total. The van der Waals surface area contributed by atoms with E-state index in [9.17, 15) is 4.79 Å². The van der Waals surface area contributed by atoms with E-state index < -0.39 is 0 Å². The van der Waals surface area contributed by atoms with E-state index in [-0.39, 0.29) is 12.5 Å². The van der Waals surface area contributed by atoms with Crippen molar-refractivity contribution in [1.82, 2.24) is 9.80 Å². The van der Waals surface area contributed by atoms with Crippen molar-refractivity contribution in [2.45, 2.75) is 19.9 Å². The van der Waals surface area contributed by atoms with E-state index in [2.05, 4.69) is 29.2 Å². The second-order valence-electron chi connectivity index (χ2n) is 6.60.